The Morgan fingerprint density at radius 2 is 2.28 bits per heavy atom. The molecule has 7 heteroatoms. The van der Waals surface area contributed by atoms with Crippen molar-refractivity contribution in [2.24, 2.45) is 0 Å². The number of hydrogen-bond donors (Lipinski definition) is 0. The number of ether oxygens (including phenoxy) is 2. The van der Waals surface area contributed by atoms with Gasteiger partial charge in [-0.1, -0.05) is 15.9 Å². The second kappa shape index (κ2) is 4.90. The van der Waals surface area contributed by atoms with Gasteiger partial charge in [0.15, 0.2) is 11.5 Å². The molecule has 1 aliphatic heterocycles. The highest BCUT2D eigenvalue weighted by Crippen LogP contribution is 2.44. The normalized spacial score (nSPS) is 18.3. The molecule has 0 spiro atoms. The van der Waals surface area contributed by atoms with E-state index in [9.17, 15) is 8.42 Å². The number of rotatable bonds is 3. The zero-order chi connectivity index (χ0) is 13.5. The van der Waals surface area contributed by atoms with Crippen LogP contribution >= 0.6 is 26.6 Å². The summed E-state index contributed by atoms with van der Waals surface area (Å²) >= 11 is 3.42. The van der Waals surface area contributed by atoms with Crippen LogP contribution in [0.15, 0.2) is 10.5 Å². The molecule has 0 fully saturated rings. The molecule has 0 aromatic heterocycles. The van der Waals surface area contributed by atoms with Crippen molar-refractivity contribution < 1.29 is 17.9 Å². The van der Waals surface area contributed by atoms with E-state index in [1.54, 1.807) is 6.07 Å². The van der Waals surface area contributed by atoms with Gasteiger partial charge in [0.05, 0.1) is 12.9 Å². The van der Waals surface area contributed by atoms with E-state index in [2.05, 4.69) is 15.9 Å². The van der Waals surface area contributed by atoms with Crippen molar-refractivity contribution in [1.29, 1.82) is 0 Å². The maximum atomic E-state index is 11.2. The molecule has 0 aliphatic carbocycles. The molecular weight excluding hydrogens is 344 g/mol. The fourth-order valence-corrected chi connectivity index (χ4v) is 3.75. The Balaban J connectivity index is 2.55. The van der Waals surface area contributed by atoms with Gasteiger partial charge in [0.1, 0.15) is 6.10 Å². The summed E-state index contributed by atoms with van der Waals surface area (Å²) in [6.07, 6.45) is 0.760. The Morgan fingerprint density at radius 1 is 1.61 bits per heavy atom. The van der Waals surface area contributed by atoms with Gasteiger partial charge in [0, 0.05) is 27.1 Å². The SMILES string of the molecule is COc1cc(CS(=O)(=O)Cl)c(Br)c2c1OC(C)C2. The third-order valence-electron chi connectivity index (χ3n) is 2.71. The van der Waals surface area contributed by atoms with Crippen molar-refractivity contribution >= 4 is 35.7 Å². The molecule has 0 saturated carbocycles. The molecule has 0 N–H and O–H groups in total. The maximum Gasteiger partial charge on any atom is 0.236 e. The van der Waals surface area contributed by atoms with E-state index in [1.807, 2.05) is 6.92 Å². The van der Waals surface area contributed by atoms with Gasteiger partial charge in [-0.05, 0) is 18.6 Å². The van der Waals surface area contributed by atoms with Crippen LogP contribution in [0.25, 0.3) is 0 Å². The van der Waals surface area contributed by atoms with Crippen molar-refractivity contribution in [3.8, 4) is 11.5 Å². The predicted octanol–water partition coefficient (Wildman–Crippen LogP) is 2.85. The highest BCUT2D eigenvalue weighted by Gasteiger charge is 2.28. The molecule has 0 saturated heterocycles. The van der Waals surface area contributed by atoms with E-state index in [0.717, 1.165) is 10.0 Å². The standard InChI is InChI=1S/C11H12BrClO4S/c1-6-3-8-10(12)7(5-18(13,14)15)4-9(16-2)11(8)17-6/h4,6H,3,5H2,1-2H3. The van der Waals surface area contributed by atoms with Gasteiger partial charge >= 0.3 is 0 Å². The number of benzene rings is 1. The Kier molecular flexibility index (Phi) is 3.80. The summed E-state index contributed by atoms with van der Waals surface area (Å²) in [6.45, 7) is 1.95. The number of halogens is 2. The first-order valence-corrected chi connectivity index (χ1v) is 8.56. The molecule has 1 aliphatic rings. The number of methoxy groups -OCH3 is 1. The summed E-state index contributed by atoms with van der Waals surface area (Å²) in [5.41, 5.74) is 1.51. The van der Waals surface area contributed by atoms with Crippen LogP contribution < -0.4 is 9.47 Å². The Labute approximate surface area is 119 Å². The molecule has 100 valence electrons. The molecule has 1 aromatic rings. The van der Waals surface area contributed by atoms with Crippen LogP contribution in [0.4, 0.5) is 0 Å². The molecule has 18 heavy (non-hydrogen) atoms. The summed E-state index contributed by atoms with van der Waals surface area (Å²) in [5.74, 6) is 0.966. The van der Waals surface area contributed by atoms with Crippen LogP contribution in [0.3, 0.4) is 0 Å². The van der Waals surface area contributed by atoms with Crippen LogP contribution in [-0.2, 0) is 21.2 Å². The van der Waals surface area contributed by atoms with Crippen LogP contribution in [0.5, 0.6) is 11.5 Å². The predicted molar refractivity (Wildman–Crippen MR) is 73.0 cm³/mol. The minimum absolute atomic E-state index is 0.0491. The van der Waals surface area contributed by atoms with E-state index in [-0.39, 0.29) is 11.9 Å². The Morgan fingerprint density at radius 3 is 2.83 bits per heavy atom. The average Bonchev–Trinajstić information content (AvgIpc) is 2.63. The lowest BCUT2D eigenvalue weighted by Crippen LogP contribution is -2.05. The molecule has 1 atom stereocenters. The minimum Gasteiger partial charge on any atom is -0.493 e. The van der Waals surface area contributed by atoms with Crippen LogP contribution in [0, 0.1) is 0 Å². The number of hydrogen-bond acceptors (Lipinski definition) is 4. The fraction of sp³-hybridized carbons (Fsp3) is 0.455. The van der Waals surface area contributed by atoms with Gasteiger partial charge < -0.3 is 9.47 Å². The third-order valence-corrected chi connectivity index (χ3v) is 4.68. The van der Waals surface area contributed by atoms with E-state index in [4.69, 9.17) is 20.2 Å². The van der Waals surface area contributed by atoms with Crippen LogP contribution in [-0.4, -0.2) is 21.6 Å². The summed E-state index contributed by atoms with van der Waals surface area (Å²) in [5, 5.41) is 0. The van der Waals surface area contributed by atoms with Crippen LogP contribution in [0.1, 0.15) is 18.1 Å². The van der Waals surface area contributed by atoms with Crippen molar-refractivity contribution in [2.75, 3.05) is 7.11 Å². The van der Waals surface area contributed by atoms with Gasteiger partial charge in [-0.2, -0.15) is 0 Å². The zero-order valence-corrected chi connectivity index (χ0v) is 13.0. The second-order valence-electron chi connectivity index (χ2n) is 4.18. The van der Waals surface area contributed by atoms with E-state index >= 15 is 0 Å². The minimum atomic E-state index is -3.61. The second-order valence-corrected chi connectivity index (χ2v) is 7.75. The third kappa shape index (κ3) is 2.75. The molecule has 1 heterocycles. The average molecular weight is 356 g/mol. The van der Waals surface area contributed by atoms with E-state index in [1.165, 1.54) is 7.11 Å². The molecule has 1 aromatic carbocycles. The highest BCUT2D eigenvalue weighted by atomic mass is 79.9. The first-order chi connectivity index (χ1) is 8.31. The van der Waals surface area contributed by atoms with Crippen LogP contribution in [0.2, 0.25) is 0 Å². The quantitative estimate of drug-likeness (QED) is 0.782. The lowest BCUT2D eigenvalue weighted by atomic mass is 10.1. The van der Waals surface area contributed by atoms with Crippen molar-refractivity contribution in [1.82, 2.24) is 0 Å². The first kappa shape index (κ1) is 14.0. The lowest BCUT2D eigenvalue weighted by Gasteiger charge is -2.12. The topological polar surface area (TPSA) is 52.6 Å². The van der Waals surface area contributed by atoms with Gasteiger partial charge in [-0.25, -0.2) is 8.42 Å². The maximum absolute atomic E-state index is 11.2. The van der Waals surface area contributed by atoms with Gasteiger partial charge in [0.25, 0.3) is 0 Å². The highest BCUT2D eigenvalue weighted by molar-refractivity contribution is 9.10. The molecule has 2 rings (SSSR count). The fourth-order valence-electron chi connectivity index (χ4n) is 2.01. The molecule has 0 bridgehead atoms. The molecule has 1 unspecified atom stereocenters. The smallest absolute Gasteiger partial charge is 0.236 e. The van der Waals surface area contributed by atoms with Gasteiger partial charge in [-0.3, -0.25) is 0 Å². The summed E-state index contributed by atoms with van der Waals surface area (Å²) in [4.78, 5) is 0. The Hall–Kier alpha value is -0.460. The summed E-state index contributed by atoms with van der Waals surface area (Å²) in [6, 6.07) is 1.64. The van der Waals surface area contributed by atoms with Crippen molar-refractivity contribution in [3.05, 3.63) is 21.7 Å². The van der Waals surface area contributed by atoms with Crippen molar-refractivity contribution in [2.45, 2.75) is 25.2 Å². The molecule has 4 nitrogen and oxygen atoms in total. The summed E-state index contributed by atoms with van der Waals surface area (Å²) in [7, 11) is 3.21. The molecule has 0 radical (unpaired) electrons. The zero-order valence-electron chi connectivity index (χ0n) is 9.87. The Bertz CT molecular complexity index is 585. The molecular formula is C11H12BrClO4S. The number of fused-ring (bicyclic) bond motifs is 1. The van der Waals surface area contributed by atoms with Gasteiger partial charge in [-0.15, -0.1) is 0 Å². The van der Waals surface area contributed by atoms with E-state index in [0.29, 0.717) is 23.5 Å². The van der Waals surface area contributed by atoms with Crippen molar-refractivity contribution in [3.63, 3.8) is 0 Å². The first-order valence-electron chi connectivity index (χ1n) is 5.29. The lowest BCUT2D eigenvalue weighted by molar-refractivity contribution is 0.243. The molecule has 0 amide bonds. The van der Waals surface area contributed by atoms with Gasteiger partial charge in [0.2, 0.25) is 9.05 Å². The monoisotopic (exact) mass is 354 g/mol. The summed E-state index contributed by atoms with van der Waals surface area (Å²) < 4.78 is 34.0. The largest absolute Gasteiger partial charge is 0.493 e. The van der Waals surface area contributed by atoms with E-state index < -0.39 is 9.05 Å².